The van der Waals surface area contributed by atoms with Crippen LogP contribution in [0.4, 0.5) is 10.3 Å². The summed E-state index contributed by atoms with van der Waals surface area (Å²) >= 11 is 0. The van der Waals surface area contributed by atoms with Crippen LogP contribution in [0.1, 0.15) is 30.5 Å². The molecule has 0 radical (unpaired) electrons. The van der Waals surface area contributed by atoms with Gasteiger partial charge in [0.05, 0.1) is 24.8 Å². The molecule has 31 heavy (non-hydrogen) atoms. The summed E-state index contributed by atoms with van der Waals surface area (Å²) in [5, 5.41) is 0. The van der Waals surface area contributed by atoms with Gasteiger partial charge in [0.25, 0.3) is 5.88 Å². The van der Waals surface area contributed by atoms with Crippen molar-refractivity contribution in [1.82, 2.24) is 9.97 Å². The van der Waals surface area contributed by atoms with E-state index in [9.17, 15) is 4.39 Å². The minimum Gasteiger partial charge on any atom is -0.436 e. The van der Waals surface area contributed by atoms with Crippen LogP contribution in [0.2, 0.25) is 0 Å². The Labute approximate surface area is 181 Å². The highest BCUT2D eigenvalue weighted by molar-refractivity contribution is 5.43. The zero-order valence-electron chi connectivity index (χ0n) is 18.1. The van der Waals surface area contributed by atoms with Crippen LogP contribution in [-0.4, -0.2) is 36.3 Å². The summed E-state index contributed by atoms with van der Waals surface area (Å²) in [4.78, 5) is 10.5. The summed E-state index contributed by atoms with van der Waals surface area (Å²) < 4.78 is 25.4. The summed E-state index contributed by atoms with van der Waals surface area (Å²) in [6.45, 7) is 9.69. The Balaban J connectivity index is 1.31. The van der Waals surface area contributed by atoms with Gasteiger partial charge in [0.2, 0.25) is 11.8 Å². The second kappa shape index (κ2) is 7.31. The number of hydrogen-bond donors (Lipinski definition) is 0. The Hall–Kier alpha value is -2.99. The van der Waals surface area contributed by atoms with Gasteiger partial charge in [-0.15, -0.1) is 0 Å². The van der Waals surface area contributed by atoms with Gasteiger partial charge in [-0.1, -0.05) is 55.8 Å². The van der Waals surface area contributed by atoms with Gasteiger partial charge in [-0.25, -0.2) is 4.98 Å². The maximum absolute atomic E-state index is 14.3. The number of aryl methyl sites for hydroxylation is 1. The topological polar surface area (TPSA) is 47.5 Å². The molecule has 0 bridgehead atoms. The summed E-state index contributed by atoms with van der Waals surface area (Å²) in [7, 11) is 0. The van der Waals surface area contributed by atoms with Crippen molar-refractivity contribution in [2.45, 2.75) is 26.2 Å². The molecule has 1 aromatic heterocycles. The first kappa shape index (κ1) is 19.9. The zero-order chi connectivity index (χ0) is 21.6. The first-order valence-electron chi connectivity index (χ1n) is 10.6. The Morgan fingerprint density at radius 2 is 1.61 bits per heavy atom. The molecule has 2 fully saturated rings. The van der Waals surface area contributed by atoms with E-state index in [4.69, 9.17) is 9.47 Å². The fourth-order valence-electron chi connectivity index (χ4n) is 4.23. The Morgan fingerprint density at radius 1 is 1.00 bits per heavy atom. The maximum Gasteiger partial charge on any atom is 0.260 e. The molecule has 0 saturated carbocycles. The molecule has 3 heterocycles. The molecule has 0 aliphatic carbocycles. The SMILES string of the molecule is Cc1ccc(C(C)(C)c2ccc(Oc3nc(N4CC5(COC5)C4)ncc3F)cc2)cc1. The predicted octanol–water partition coefficient (Wildman–Crippen LogP) is 4.88. The Kier molecular flexibility index (Phi) is 4.70. The lowest BCUT2D eigenvalue weighted by Gasteiger charge is -2.54. The van der Waals surface area contributed by atoms with Crippen LogP contribution in [0.15, 0.2) is 54.7 Å². The quantitative estimate of drug-likeness (QED) is 0.590. The van der Waals surface area contributed by atoms with Crippen molar-refractivity contribution in [3.63, 3.8) is 0 Å². The lowest BCUT2D eigenvalue weighted by atomic mass is 9.78. The molecular formula is C25H26FN3O2. The molecule has 1 spiro atoms. The number of aromatic nitrogens is 2. The van der Waals surface area contributed by atoms with Crippen LogP contribution in [-0.2, 0) is 10.2 Å². The molecule has 6 heteroatoms. The number of anilines is 1. The van der Waals surface area contributed by atoms with Crippen molar-refractivity contribution in [3.05, 3.63) is 77.2 Å². The monoisotopic (exact) mass is 419 g/mol. The first-order valence-corrected chi connectivity index (χ1v) is 10.6. The first-order chi connectivity index (χ1) is 14.8. The zero-order valence-corrected chi connectivity index (χ0v) is 18.1. The largest absolute Gasteiger partial charge is 0.436 e. The molecule has 5 nitrogen and oxygen atoms in total. The highest BCUT2D eigenvalue weighted by atomic mass is 19.1. The highest BCUT2D eigenvalue weighted by Crippen LogP contribution is 2.39. The average molecular weight is 420 g/mol. The van der Waals surface area contributed by atoms with Crippen molar-refractivity contribution in [3.8, 4) is 11.6 Å². The van der Waals surface area contributed by atoms with Crippen molar-refractivity contribution in [1.29, 1.82) is 0 Å². The van der Waals surface area contributed by atoms with E-state index in [1.807, 2.05) is 29.2 Å². The number of halogens is 1. The van der Waals surface area contributed by atoms with Crippen molar-refractivity contribution < 1.29 is 13.9 Å². The van der Waals surface area contributed by atoms with Crippen molar-refractivity contribution >= 4 is 5.95 Å². The van der Waals surface area contributed by atoms with Gasteiger partial charge >= 0.3 is 0 Å². The second-order valence-corrected chi connectivity index (χ2v) is 9.29. The number of nitrogens with zero attached hydrogens (tertiary/aromatic N) is 3. The fourth-order valence-corrected chi connectivity index (χ4v) is 4.23. The summed E-state index contributed by atoms with van der Waals surface area (Å²) in [5.74, 6) is 0.405. The van der Waals surface area contributed by atoms with Gasteiger partial charge < -0.3 is 14.4 Å². The van der Waals surface area contributed by atoms with Gasteiger partial charge in [0, 0.05) is 18.5 Å². The third-order valence-electron chi connectivity index (χ3n) is 6.41. The van der Waals surface area contributed by atoms with E-state index in [0.717, 1.165) is 31.9 Å². The molecule has 160 valence electrons. The van der Waals surface area contributed by atoms with Crippen molar-refractivity contribution in [2.75, 3.05) is 31.2 Å². The highest BCUT2D eigenvalue weighted by Gasteiger charge is 2.50. The van der Waals surface area contributed by atoms with E-state index in [-0.39, 0.29) is 16.7 Å². The molecule has 2 aliphatic heterocycles. The minimum atomic E-state index is -0.574. The van der Waals surface area contributed by atoms with Crippen LogP contribution in [0.5, 0.6) is 11.6 Å². The number of rotatable bonds is 5. The van der Waals surface area contributed by atoms with E-state index in [1.165, 1.54) is 17.3 Å². The van der Waals surface area contributed by atoms with Crippen LogP contribution in [0.3, 0.4) is 0 Å². The van der Waals surface area contributed by atoms with Gasteiger partial charge in [-0.2, -0.15) is 9.37 Å². The van der Waals surface area contributed by atoms with Gasteiger partial charge in [-0.3, -0.25) is 0 Å². The smallest absolute Gasteiger partial charge is 0.260 e. The second-order valence-electron chi connectivity index (χ2n) is 9.29. The van der Waals surface area contributed by atoms with Crippen LogP contribution < -0.4 is 9.64 Å². The number of ether oxygens (including phenoxy) is 2. The molecule has 0 unspecified atom stereocenters. The van der Waals surface area contributed by atoms with Gasteiger partial charge in [0.15, 0.2) is 0 Å². The van der Waals surface area contributed by atoms with E-state index < -0.39 is 5.82 Å². The summed E-state index contributed by atoms with van der Waals surface area (Å²) in [5.41, 5.74) is 3.71. The molecule has 2 aliphatic rings. The Bertz CT molecular complexity index is 1080. The third-order valence-corrected chi connectivity index (χ3v) is 6.41. The molecule has 2 saturated heterocycles. The van der Waals surface area contributed by atoms with Crippen LogP contribution in [0.25, 0.3) is 0 Å². The fraction of sp³-hybridized carbons (Fsp3) is 0.360. The molecule has 0 atom stereocenters. The van der Waals surface area contributed by atoms with E-state index >= 15 is 0 Å². The van der Waals surface area contributed by atoms with Gasteiger partial charge in [-0.05, 0) is 30.2 Å². The van der Waals surface area contributed by atoms with E-state index in [0.29, 0.717) is 11.7 Å². The molecule has 3 aromatic rings. The Morgan fingerprint density at radius 3 is 2.19 bits per heavy atom. The average Bonchev–Trinajstić information content (AvgIpc) is 2.69. The standard InChI is InChI=1S/C25H26FN3O2/c1-17-4-6-18(7-5-17)24(2,3)19-8-10-20(11-9-19)31-22-21(26)12-27-23(28-22)29-13-25(14-29)15-30-16-25/h4-12H,13-16H2,1-3H3. The van der Waals surface area contributed by atoms with E-state index in [1.54, 1.807) is 0 Å². The predicted molar refractivity (Wildman–Crippen MR) is 117 cm³/mol. The molecular weight excluding hydrogens is 393 g/mol. The molecule has 0 amide bonds. The lowest BCUT2D eigenvalue weighted by Crippen LogP contribution is -2.66. The minimum absolute atomic E-state index is 0.0543. The normalized spacial score (nSPS) is 17.2. The van der Waals surface area contributed by atoms with Gasteiger partial charge in [0.1, 0.15) is 5.75 Å². The third kappa shape index (κ3) is 3.65. The lowest BCUT2D eigenvalue weighted by molar-refractivity contribution is -0.127. The van der Waals surface area contributed by atoms with Crippen molar-refractivity contribution in [2.24, 2.45) is 5.41 Å². The maximum atomic E-state index is 14.3. The molecule has 0 N–H and O–H groups in total. The number of hydrogen-bond acceptors (Lipinski definition) is 5. The summed E-state index contributed by atoms with van der Waals surface area (Å²) in [6, 6.07) is 16.3. The molecule has 5 rings (SSSR count). The summed E-state index contributed by atoms with van der Waals surface area (Å²) in [6.07, 6.45) is 1.18. The van der Waals surface area contributed by atoms with Crippen LogP contribution in [0, 0.1) is 18.2 Å². The van der Waals surface area contributed by atoms with Crippen LogP contribution >= 0.6 is 0 Å². The van der Waals surface area contributed by atoms with E-state index in [2.05, 4.69) is 55.0 Å². The molecule has 2 aromatic carbocycles. The number of benzene rings is 2.